The summed E-state index contributed by atoms with van der Waals surface area (Å²) in [6, 6.07) is 10.9. The number of aryl methyl sites for hydroxylation is 1. The Balaban J connectivity index is 1.82. The Morgan fingerprint density at radius 3 is 2.85 bits per heavy atom. The van der Waals surface area contributed by atoms with E-state index < -0.39 is 9.84 Å². The van der Waals surface area contributed by atoms with E-state index in [2.05, 4.69) is 10.3 Å². The van der Waals surface area contributed by atoms with E-state index in [1.54, 1.807) is 18.3 Å². The third-order valence-corrected chi connectivity index (χ3v) is 5.46. The summed E-state index contributed by atoms with van der Waals surface area (Å²) >= 11 is 0. The normalized spacial score (nSPS) is 19.8. The molecule has 20 heavy (non-hydrogen) atoms. The second-order valence-electron chi connectivity index (χ2n) is 5.02. The molecule has 1 aromatic carbocycles. The first-order chi connectivity index (χ1) is 9.58. The minimum absolute atomic E-state index is 0.123. The van der Waals surface area contributed by atoms with Gasteiger partial charge in [0.2, 0.25) is 0 Å². The van der Waals surface area contributed by atoms with E-state index in [0.29, 0.717) is 11.4 Å². The zero-order chi connectivity index (χ0) is 14.2. The van der Waals surface area contributed by atoms with Crippen LogP contribution in [0.5, 0.6) is 0 Å². The molecule has 0 radical (unpaired) electrons. The highest BCUT2D eigenvalue weighted by atomic mass is 32.2. The molecule has 1 N–H and O–H groups in total. The first kappa shape index (κ1) is 13.3. The van der Waals surface area contributed by atoms with E-state index in [-0.39, 0.29) is 11.8 Å². The zero-order valence-electron chi connectivity index (χ0n) is 11.2. The van der Waals surface area contributed by atoms with Crippen molar-refractivity contribution in [3.05, 3.63) is 59.4 Å². The minimum atomic E-state index is -3.15. The number of nitrogens with one attached hydrogen (secondary N) is 1. The molecule has 0 saturated carbocycles. The van der Waals surface area contributed by atoms with E-state index in [4.69, 9.17) is 0 Å². The molecule has 104 valence electrons. The van der Waals surface area contributed by atoms with Crippen LogP contribution in [-0.2, 0) is 16.4 Å². The van der Waals surface area contributed by atoms with Crippen LogP contribution in [0, 0.1) is 6.92 Å². The van der Waals surface area contributed by atoms with E-state index in [0.717, 1.165) is 16.8 Å². The summed E-state index contributed by atoms with van der Waals surface area (Å²) in [5.74, 6) is 0.123. The van der Waals surface area contributed by atoms with Gasteiger partial charge in [-0.05, 0) is 30.2 Å². The Labute approximate surface area is 118 Å². The average Bonchev–Trinajstić information content (AvgIpc) is 2.70. The molecule has 3 rings (SSSR count). The largest absolute Gasteiger partial charge is 0.303 e. The van der Waals surface area contributed by atoms with Gasteiger partial charge in [-0.3, -0.25) is 4.98 Å². The Kier molecular flexibility index (Phi) is 3.31. The molecule has 0 amide bonds. The summed E-state index contributed by atoms with van der Waals surface area (Å²) in [4.78, 5) is 4.77. The standard InChI is InChI=1S/C15H16N2O2S/c1-11-5-4-8-16-13(11)9-17-14-10-20(18,19)15-7-3-2-6-12(14)15/h2-8,14,17H,9-10H2,1H3. The second-order valence-corrected chi connectivity index (χ2v) is 7.02. The molecule has 4 nitrogen and oxygen atoms in total. The lowest BCUT2D eigenvalue weighted by Crippen LogP contribution is -2.23. The lowest BCUT2D eigenvalue weighted by molar-refractivity contribution is 0.560. The number of aromatic nitrogens is 1. The van der Waals surface area contributed by atoms with Gasteiger partial charge in [0, 0.05) is 18.8 Å². The average molecular weight is 288 g/mol. The van der Waals surface area contributed by atoms with Gasteiger partial charge >= 0.3 is 0 Å². The van der Waals surface area contributed by atoms with Gasteiger partial charge in [0.15, 0.2) is 9.84 Å². The van der Waals surface area contributed by atoms with Crippen LogP contribution in [-0.4, -0.2) is 19.2 Å². The van der Waals surface area contributed by atoms with Gasteiger partial charge in [0.1, 0.15) is 0 Å². The Morgan fingerprint density at radius 2 is 2.05 bits per heavy atom. The topological polar surface area (TPSA) is 59.1 Å². The molecule has 1 aromatic heterocycles. The van der Waals surface area contributed by atoms with Crippen molar-refractivity contribution in [3.8, 4) is 0 Å². The van der Waals surface area contributed by atoms with Gasteiger partial charge in [-0.2, -0.15) is 0 Å². The molecule has 0 aliphatic carbocycles. The molecule has 1 aliphatic rings. The number of nitrogens with zero attached hydrogens (tertiary/aromatic N) is 1. The molecular formula is C15H16N2O2S. The summed E-state index contributed by atoms with van der Waals surface area (Å²) in [7, 11) is -3.15. The number of fused-ring (bicyclic) bond motifs is 1. The van der Waals surface area contributed by atoms with Crippen molar-refractivity contribution in [2.75, 3.05) is 5.75 Å². The van der Waals surface area contributed by atoms with Gasteiger partial charge in [-0.1, -0.05) is 24.3 Å². The SMILES string of the molecule is Cc1cccnc1CNC1CS(=O)(=O)c2ccccc21. The first-order valence-corrected chi connectivity index (χ1v) is 8.19. The molecule has 0 spiro atoms. The van der Waals surface area contributed by atoms with E-state index in [1.165, 1.54) is 0 Å². The Hall–Kier alpha value is -1.72. The molecule has 2 heterocycles. The lowest BCUT2D eigenvalue weighted by atomic mass is 10.1. The summed E-state index contributed by atoms with van der Waals surface area (Å²) in [5, 5.41) is 3.31. The minimum Gasteiger partial charge on any atom is -0.303 e. The monoisotopic (exact) mass is 288 g/mol. The van der Waals surface area contributed by atoms with Crippen molar-refractivity contribution >= 4 is 9.84 Å². The third-order valence-electron chi connectivity index (χ3n) is 3.65. The van der Waals surface area contributed by atoms with Crippen LogP contribution in [0.2, 0.25) is 0 Å². The maximum Gasteiger partial charge on any atom is 0.180 e. The van der Waals surface area contributed by atoms with Gasteiger partial charge in [-0.25, -0.2) is 8.42 Å². The molecule has 1 aliphatic heterocycles. The van der Waals surface area contributed by atoms with E-state index in [9.17, 15) is 8.42 Å². The van der Waals surface area contributed by atoms with Crippen LogP contribution in [0.1, 0.15) is 22.9 Å². The number of hydrogen-bond donors (Lipinski definition) is 1. The van der Waals surface area contributed by atoms with Crippen LogP contribution in [0.4, 0.5) is 0 Å². The predicted octanol–water partition coefficient (Wildman–Crippen LogP) is 2.01. The number of pyridine rings is 1. The fraction of sp³-hybridized carbons (Fsp3) is 0.267. The van der Waals surface area contributed by atoms with E-state index in [1.807, 2.05) is 31.2 Å². The van der Waals surface area contributed by atoms with Gasteiger partial charge in [-0.15, -0.1) is 0 Å². The van der Waals surface area contributed by atoms with Gasteiger partial charge < -0.3 is 5.32 Å². The Bertz CT molecular complexity index is 741. The van der Waals surface area contributed by atoms with Crippen molar-refractivity contribution < 1.29 is 8.42 Å². The van der Waals surface area contributed by atoms with Crippen LogP contribution in [0.15, 0.2) is 47.5 Å². The van der Waals surface area contributed by atoms with Crippen LogP contribution in [0.25, 0.3) is 0 Å². The van der Waals surface area contributed by atoms with Crippen molar-refractivity contribution in [1.82, 2.24) is 10.3 Å². The highest BCUT2D eigenvalue weighted by Crippen LogP contribution is 2.33. The number of hydrogen-bond acceptors (Lipinski definition) is 4. The summed E-state index contributed by atoms with van der Waals surface area (Å²) in [6.07, 6.45) is 1.75. The predicted molar refractivity (Wildman–Crippen MR) is 77.0 cm³/mol. The van der Waals surface area contributed by atoms with Crippen LogP contribution in [0.3, 0.4) is 0 Å². The molecular weight excluding hydrogens is 272 g/mol. The third kappa shape index (κ3) is 2.34. The number of sulfone groups is 1. The summed E-state index contributed by atoms with van der Waals surface area (Å²) in [5.41, 5.74) is 2.92. The number of rotatable bonds is 3. The zero-order valence-corrected chi connectivity index (χ0v) is 12.0. The maximum atomic E-state index is 12.1. The van der Waals surface area contributed by atoms with Crippen molar-refractivity contribution in [2.24, 2.45) is 0 Å². The highest BCUT2D eigenvalue weighted by molar-refractivity contribution is 7.91. The first-order valence-electron chi connectivity index (χ1n) is 6.53. The maximum absolute atomic E-state index is 12.1. The fourth-order valence-electron chi connectivity index (χ4n) is 2.54. The second kappa shape index (κ2) is 5.00. The Morgan fingerprint density at radius 1 is 1.25 bits per heavy atom. The van der Waals surface area contributed by atoms with Crippen molar-refractivity contribution in [2.45, 2.75) is 24.4 Å². The molecule has 0 saturated heterocycles. The molecule has 0 bridgehead atoms. The number of benzene rings is 1. The van der Waals surface area contributed by atoms with Gasteiger partial charge in [0.05, 0.1) is 16.3 Å². The van der Waals surface area contributed by atoms with Crippen molar-refractivity contribution in [1.29, 1.82) is 0 Å². The molecule has 2 aromatic rings. The lowest BCUT2D eigenvalue weighted by Gasteiger charge is -2.13. The highest BCUT2D eigenvalue weighted by Gasteiger charge is 2.33. The summed E-state index contributed by atoms with van der Waals surface area (Å²) < 4.78 is 24.2. The van der Waals surface area contributed by atoms with E-state index >= 15 is 0 Å². The van der Waals surface area contributed by atoms with Gasteiger partial charge in [0.25, 0.3) is 0 Å². The quantitative estimate of drug-likeness (QED) is 0.938. The molecule has 1 unspecified atom stereocenters. The van der Waals surface area contributed by atoms with Crippen LogP contribution >= 0.6 is 0 Å². The smallest absolute Gasteiger partial charge is 0.180 e. The molecule has 1 atom stereocenters. The van der Waals surface area contributed by atoms with Crippen molar-refractivity contribution in [3.63, 3.8) is 0 Å². The molecule has 5 heteroatoms. The molecule has 0 fully saturated rings. The fourth-order valence-corrected chi connectivity index (χ4v) is 4.31. The summed E-state index contributed by atoms with van der Waals surface area (Å²) in [6.45, 7) is 2.57. The van der Waals surface area contributed by atoms with Crippen LogP contribution < -0.4 is 5.32 Å².